The molecule has 9 nitrogen and oxygen atoms in total. The summed E-state index contributed by atoms with van der Waals surface area (Å²) >= 11 is 0. The molecule has 0 aliphatic carbocycles. The maximum absolute atomic E-state index is 12.0. The van der Waals surface area contributed by atoms with Gasteiger partial charge in [-0.2, -0.15) is 0 Å². The molecule has 1 heterocycles. The van der Waals surface area contributed by atoms with E-state index >= 15 is 0 Å². The minimum Gasteiger partial charge on any atom is -0.493 e. The van der Waals surface area contributed by atoms with Crippen molar-refractivity contribution in [3.8, 4) is 28.3 Å². The Morgan fingerprint density at radius 1 is 1.21 bits per heavy atom. The van der Waals surface area contributed by atoms with Gasteiger partial charge in [0, 0.05) is 0 Å². The van der Waals surface area contributed by atoms with Crippen LogP contribution in [0.15, 0.2) is 47.3 Å². The highest BCUT2D eigenvalue weighted by Crippen LogP contribution is 2.33. The van der Waals surface area contributed by atoms with Crippen molar-refractivity contribution in [2.24, 2.45) is 5.84 Å². The van der Waals surface area contributed by atoms with Crippen molar-refractivity contribution in [1.82, 2.24) is 9.97 Å². The summed E-state index contributed by atoms with van der Waals surface area (Å²) in [5.74, 6) is 5.21. The van der Waals surface area contributed by atoms with Crippen LogP contribution in [-0.4, -0.2) is 27.7 Å². The molecule has 0 aliphatic heterocycles. The topological polar surface area (TPSA) is 156 Å². The van der Waals surface area contributed by atoms with Gasteiger partial charge in [0.1, 0.15) is 17.3 Å². The Morgan fingerprint density at radius 2 is 1.89 bits per heavy atom. The van der Waals surface area contributed by atoms with Gasteiger partial charge in [-0.1, -0.05) is 18.2 Å². The zero-order valence-corrected chi connectivity index (χ0v) is 15.0. The molecule has 0 spiro atoms. The van der Waals surface area contributed by atoms with E-state index in [9.17, 15) is 9.59 Å². The van der Waals surface area contributed by atoms with E-state index in [-0.39, 0.29) is 22.9 Å². The summed E-state index contributed by atoms with van der Waals surface area (Å²) in [5.41, 5.74) is 9.72. The predicted molar refractivity (Wildman–Crippen MR) is 106 cm³/mol. The van der Waals surface area contributed by atoms with Crippen molar-refractivity contribution in [3.05, 3.63) is 58.4 Å². The number of anilines is 2. The second-order valence-corrected chi connectivity index (χ2v) is 5.85. The van der Waals surface area contributed by atoms with Crippen molar-refractivity contribution in [2.45, 2.75) is 6.92 Å². The molecule has 0 aliphatic rings. The molecule has 0 bridgehead atoms. The highest BCUT2D eigenvalue weighted by atomic mass is 16.5. The molecule has 0 atom stereocenters. The average Bonchev–Trinajstić information content (AvgIpc) is 2.70. The van der Waals surface area contributed by atoms with E-state index in [4.69, 9.17) is 21.4 Å². The van der Waals surface area contributed by atoms with Crippen molar-refractivity contribution in [1.29, 1.82) is 0 Å². The van der Waals surface area contributed by atoms with E-state index in [1.807, 2.05) is 13.0 Å². The Hall–Kier alpha value is -3.85. The molecule has 1 aromatic heterocycles. The minimum absolute atomic E-state index is 0.0644. The summed E-state index contributed by atoms with van der Waals surface area (Å²) < 4.78 is 5.72. The number of nitrogens with zero attached hydrogens (tertiary/aromatic N) is 1. The van der Waals surface area contributed by atoms with Gasteiger partial charge in [0.05, 0.1) is 17.7 Å². The number of nitrogens with two attached hydrogens (primary N) is 2. The third-order valence-electron chi connectivity index (χ3n) is 4.09. The number of aromatic amines is 1. The fourth-order valence-corrected chi connectivity index (χ4v) is 2.70. The van der Waals surface area contributed by atoms with Crippen molar-refractivity contribution in [3.63, 3.8) is 0 Å². The number of ether oxygens (including phenoxy) is 1. The number of hydrazine groups is 1. The first-order chi connectivity index (χ1) is 13.4. The molecule has 3 aromatic rings. The largest absolute Gasteiger partial charge is 0.493 e. The van der Waals surface area contributed by atoms with Crippen LogP contribution in [0.4, 0.5) is 11.5 Å². The Kier molecular flexibility index (Phi) is 5.28. The van der Waals surface area contributed by atoms with Crippen LogP contribution in [0.2, 0.25) is 0 Å². The molecular weight excluding hydrogens is 362 g/mol. The van der Waals surface area contributed by atoms with Crippen molar-refractivity contribution >= 4 is 17.5 Å². The smallest absolute Gasteiger partial charge is 0.335 e. The first kappa shape index (κ1) is 18.9. The van der Waals surface area contributed by atoms with Gasteiger partial charge in [0.25, 0.3) is 5.56 Å². The van der Waals surface area contributed by atoms with Gasteiger partial charge in [0.15, 0.2) is 5.82 Å². The number of rotatable bonds is 6. The lowest BCUT2D eigenvalue weighted by molar-refractivity contribution is 0.0697. The summed E-state index contributed by atoms with van der Waals surface area (Å²) in [6.45, 7) is 2.24. The number of carboxylic acid groups (broad SMARTS) is 1. The number of H-pyrrole nitrogens is 1. The van der Waals surface area contributed by atoms with E-state index in [1.54, 1.807) is 24.3 Å². The Balaban J connectivity index is 2.08. The highest BCUT2D eigenvalue weighted by Gasteiger charge is 2.14. The number of benzene rings is 2. The molecule has 3 rings (SSSR count). The summed E-state index contributed by atoms with van der Waals surface area (Å²) in [6.07, 6.45) is 0. The first-order valence-electron chi connectivity index (χ1n) is 8.42. The monoisotopic (exact) mass is 381 g/mol. The van der Waals surface area contributed by atoms with E-state index in [0.29, 0.717) is 17.9 Å². The van der Waals surface area contributed by atoms with E-state index in [0.717, 1.165) is 11.1 Å². The lowest BCUT2D eigenvalue weighted by atomic mass is 10.0. The fraction of sp³-hybridized carbons (Fsp3) is 0.105. The molecule has 28 heavy (non-hydrogen) atoms. The van der Waals surface area contributed by atoms with E-state index in [2.05, 4.69) is 15.4 Å². The molecule has 0 amide bonds. The second kappa shape index (κ2) is 7.80. The summed E-state index contributed by atoms with van der Waals surface area (Å²) in [6, 6.07) is 11.9. The molecule has 9 heteroatoms. The van der Waals surface area contributed by atoms with Gasteiger partial charge >= 0.3 is 5.97 Å². The number of carboxylic acids is 1. The van der Waals surface area contributed by atoms with Crippen LogP contribution in [0.3, 0.4) is 0 Å². The lowest BCUT2D eigenvalue weighted by Crippen LogP contribution is -2.20. The fourth-order valence-electron chi connectivity index (χ4n) is 2.70. The van der Waals surface area contributed by atoms with Crippen LogP contribution in [0.1, 0.15) is 17.3 Å². The second-order valence-electron chi connectivity index (χ2n) is 5.85. The summed E-state index contributed by atoms with van der Waals surface area (Å²) in [4.78, 5) is 29.9. The van der Waals surface area contributed by atoms with Crippen LogP contribution in [-0.2, 0) is 0 Å². The number of hydrogen-bond acceptors (Lipinski definition) is 7. The Labute approximate surface area is 160 Å². The first-order valence-corrected chi connectivity index (χ1v) is 8.42. The Bertz CT molecular complexity index is 1080. The average molecular weight is 381 g/mol. The molecular formula is C19H19N5O4. The third kappa shape index (κ3) is 3.64. The molecule has 2 aromatic carbocycles. The van der Waals surface area contributed by atoms with Gasteiger partial charge in [0.2, 0.25) is 0 Å². The quantitative estimate of drug-likeness (QED) is 0.321. The molecule has 0 saturated carbocycles. The van der Waals surface area contributed by atoms with Gasteiger partial charge < -0.3 is 26.0 Å². The zero-order valence-electron chi connectivity index (χ0n) is 15.0. The van der Waals surface area contributed by atoms with Crippen LogP contribution in [0.5, 0.6) is 5.75 Å². The highest BCUT2D eigenvalue weighted by molar-refractivity contribution is 5.88. The van der Waals surface area contributed by atoms with Crippen LogP contribution in [0, 0.1) is 0 Å². The molecule has 0 fully saturated rings. The van der Waals surface area contributed by atoms with Gasteiger partial charge in [-0.3, -0.25) is 4.79 Å². The SMILES string of the molecule is CCOc1cc(-c2ccc(C(=O)O)cc2)ccc1-c1nc(NN)c(N)c(=O)[nH]1. The summed E-state index contributed by atoms with van der Waals surface area (Å²) in [5, 5.41) is 9.03. The Morgan fingerprint density at radius 3 is 2.50 bits per heavy atom. The zero-order chi connectivity index (χ0) is 20.3. The normalized spacial score (nSPS) is 10.5. The lowest BCUT2D eigenvalue weighted by Gasteiger charge is -2.13. The number of aromatic carboxylic acids is 1. The molecule has 0 unspecified atom stereocenters. The predicted octanol–water partition coefficient (Wildman–Crippen LogP) is 2.07. The maximum Gasteiger partial charge on any atom is 0.335 e. The van der Waals surface area contributed by atoms with Crippen molar-refractivity contribution in [2.75, 3.05) is 17.8 Å². The van der Waals surface area contributed by atoms with Crippen molar-refractivity contribution < 1.29 is 14.6 Å². The standard InChI is InChI=1S/C19H19N5O4/c1-2-28-14-9-12(10-3-5-11(6-4-10)19(26)27)7-8-13(14)16-22-17(24-21)15(20)18(25)23-16/h3-9H,2,20-21H2,1H3,(H,26,27)(H2,22,23,24,25). The molecule has 0 saturated heterocycles. The van der Waals surface area contributed by atoms with Crippen LogP contribution < -0.4 is 27.3 Å². The molecule has 7 N–H and O–H groups in total. The van der Waals surface area contributed by atoms with E-state index in [1.165, 1.54) is 12.1 Å². The van der Waals surface area contributed by atoms with Crippen LogP contribution in [0.25, 0.3) is 22.5 Å². The number of hydrogen-bond donors (Lipinski definition) is 5. The number of nitrogens with one attached hydrogen (secondary N) is 2. The maximum atomic E-state index is 12.0. The summed E-state index contributed by atoms with van der Waals surface area (Å²) in [7, 11) is 0. The molecule has 0 radical (unpaired) electrons. The number of aromatic nitrogens is 2. The van der Waals surface area contributed by atoms with Crippen LogP contribution >= 0.6 is 0 Å². The minimum atomic E-state index is -0.986. The van der Waals surface area contributed by atoms with E-state index < -0.39 is 11.5 Å². The van der Waals surface area contributed by atoms with Gasteiger partial charge in [-0.15, -0.1) is 0 Å². The number of carbonyl (C=O) groups is 1. The van der Waals surface area contributed by atoms with Gasteiger partial charge in [-0.25, -0.2) is 15.6 Å². The third-order valence-corrected chi connectivity index (χ3v) is 4.09. The molecule has 144 valence electrons. The number of nitrogen functional groups attached to an aromatic ring is 2. The van der Waals surface area contributed by atoms with Gasteiger partial charge in [-0.05, 0) is 42.3 Å².